The van der Waals surface area contributed by atoms with Crippen molar-refractivity contribution in [2.75, 3.05) is 4.93 Å². The van der Waals surface area contributed by atoms with Crippen LogP contribution in [0.3, 0.4) is 0 Å². The molecule has 0 bridgehead atoms. The molecule has 0 aliphatic heterocycles. The van der Waals surface area contributed by atoms with E-state index in [0.717, 1.165) is 16.1 Å². The molecule has 1 heterocycles. The van der Waals surface area contributed by atoms with Crippen LogP contribution in [0.5, 0.6) is 0 Å². The molecule has 74 valence electrons. The zero-order chi connectivity index (χ0) is 9.90. The van der Waals surface area contributed by atoms with Crippen LogP contribution < -0.4 is 21.2 Å². The summed E-state index contributed by atoms with van der Waals surface area (Å²) in [4.78, 5) is 5.44. The van der Waals surface area contributed by atoms with Gasteiger partial charge in [0, 0.05) is 0 Å². The van der Waals surface area contributed by atoms with E-state index in [9.17, 15) is 13.2 Å². The molecule has 0 spiro atoms. The van der Waals surface area contributed by atoms with Crippen LogP contribution in [-0.2, 0) is 10.6 Å². The molecule has 0 atom stereocenters. The topological polar surface area (TPSA) is 12.9 Å². The molecule has 1 rings (SSSR count). The average molecular weight is 302 g/mol. The Morgan fingerprint density at radius 2 is 2.08 bits per heavy atom. The van der Waals surface area contributed by atoms with Crippen molar-refractivity contribution >= 4 is 0 Å². The first kappa shape index (κ1) is 10.7. The molecular formula is C8H8F3IN-. The number of halogens is 4. The summed E-state index contributed by atoms with van der Waals surface area (Å²) < 4.78 is 37.0. The standard InChI is InChI=1S/C8H8F3IN/c1-12-4-6-2-3-7(13-5-6)8(9,10)11/h2-3,5H,4H2,1H3/q-1. The van der Waals surface area contributed by atoms with Gasteiger partial charge >= 0.3 is 84.5 Å². The summed E-state index contributed by atoms with van der Waals surface area (Å²) in [6, 6.07) is 2.54. The number of hydrogen-bond acceptors (Lipinski definition) is 1. The van der Waals surface area contributed by atoms with Gasteiger partial charge in [0.1, 0.15) is 0 Å². The number of nitrogens with zero attached hydrogens (tertiary/aromatic N) is 1. The third kappa shape index (κ3) is 3.13. The summed E-state index contributed by atoms with van der Waals surface area (Å²) in [6.45, 7) is 0. The van der Waals surface area contributed by atoms with Gasteiger partial charge in [-0.15, -0.1) is 0 Å². The second-order valence-electron chi connectivity index (χ2n) is 2.45. The van der Waals surface area contributed by atoms with Gasteiger partial charge in [0.25, 0.3) is 0 Å². The molecule has 0 aliphatic carbocycles. The van der Waals surface area contributed by atoms with E-state index in [0.29, 0.717) is 0 Å². The van der Waals surface area contributed by atoms with E-state index in [1.54, 1.807) is 0 Å². The average Bonchev–Trinajstić information content (AvgIpc) is 2.04. The van der Waals surface area contributed by atoms with Crippen LogP contribution in [0.2, 0.25) is 0 Å². The minimum absolute atomic E-state index is 0.0689. The van der Waals surface area contributed by atoms with E-state index < -0.39 is 11.9 Å². The molecule has 13 heavy (non-hydrogen) atoms. The summed E-state index contributed by atoms with van der Waals surface area (Å²) in [6.07, 6.45) is -3.01. The first-order chi connectivity index (χ1) is 6.04. The quantitative estimate of drug-likeness (QED) is 0.521. The van der Waals surface area contributed by atoms with Crippen LogP contribution in [0.4, 0.5) is 13.2 Å². The van der Waals surface area contributed by atoms with Gasteiger partial charge in [-0.2, -0.15) is 0 Å². The number of rotatable bonds is 2. The molecule has 0 amide bonds. The molecule has 0 saturated carbocycles. The third-order valence-corrected chi connectivity index (χ3v) is 3.05. The van der Waals surface area contributed by atoms with E-state index in [4.69, 9.17) is 0 Å². The SMILES string of the molecule is C[I-]Cc1ccc(C(F)(F)F)nc1. The Kier molecular flexibility index (Phi) is 3.52. The van der Waals surface area contributed by atoms with Crippen molar-refractivity contribution in [2.45, 2.75) is 10.6 Å². The predicted octanol–water partition coefficient (Wildman–Crippen LogP) is -0.681. The first-order valence-corrected chi connectivity index (χ1v) is 7.18. The van der Waals surface area contributed by atoms with Crippen molar-refractivity contribution < 1.29 is 34.4 Å². The van der Waals surface area contributed by atoms with E-state index >= 15 is 0 Å². The second-order valence-corrected chi connectivity index (χ2v) is 4.74. The number of aromatic nitrogens is 1. The third-order valence-electron chi connectivity index (χ3n) is 1.40. The molecule has 0 N–H and O–H groups in total. The van der Waals surface area contributed by atoms with Crippen LogP contribution in [0.15, 0.2) is 18.3 Å². The summed E-state index contributed by atoms with van der Waals surface area (Å²) in [5.74, 6) is 0. The molecule has 0 saturated heterocycles. The molecule has 1 aromatic heterocycles. The normalized spacial score (nSPS) is 12.0. The Morgan fingerprint density at radius 1 is 1.38 bits per heavy atom. The number of pyridine rings is 1. The number of alkyl halides is 5. The van der Waals surface area contributed by atoms with Gasteiger partial charge in [0.15, 0.2) is 0 Å². The molecule has 0 fully saturated rings. The van der Waals surface area contributed by atoms with Gasteiger partial charge in [-0.3, -0.25) is 0 Å². The Morgan fingerprint density at radius 3 is 2.46 bits per heavy atom. The Bertz CT molecular complexity index is 268. The van der Waals surface area contributed by atoms with Crippen molar-refractivity contribution in [1.29, 1.82) is 0 Å². The summed E-state index contributed by atoms with van der Waals surface area (Å²) in [7, 11) is 0. The van der Waals surface area contributed by atoms with Gasteiger partial charge in [-0.05, 0) is 0 Å². The zero-order valence-corrected chi connectivity index (χ0v) is 9.06. The maximum atomic E-state index is 12.0. The van der Waals surface area contributed by atoms with Crippen LogP contribution >= 0.6 is 0 Å². The molecule has 1 aromatic rings. The molecule has 5 heteroatoms. The fourth-order valence-electron chi connectivity index (χ4n) is 0.826. The van der Waals surface area contributed by atoms with E-state index in [1.807, 2.05) is 0 Å². The van der Waals surface area contributed by atoms with Gasteiger partial charge in [-0.25, -0.2) is 0 Å². The van der Waals surface area contributed by atoms with E-state index in [2.05, 4.69) is 9.91 Å². The molecular weight excluding hydrogens is 294 g/mol. The van der Waals surface area contributed by atoms with Crippen LogP contribution in [-0.4, -0.2) is 9.91 Å². The molecule has 0 aromatic carbocycles. The van der Waals surface area contributed by atoms with Gasteiger partial charge in [0.2, 0.25) is 0 Å². The minimum atomic E-state index is -4.32. The molecule has 0 aliphatic rings. The molecule has 0 radical (unpaired) electrons. The molecule has 1 nitrogen and oxygen atoms in total. The van der Waals surface area contributed by atoms with Crippen LogP contribution in [0.1, 0.15) is 11.3 Å². The van der Waals surface area contributed by atoms with Crippen molar-refractivity contribution in [1.82, 2.24) is 4.98 Å². The molecule has 0 unspecified atom stereocenters. The Balaban J connectivity index is 2.81. The van der Waals surface area contributed by atoms with Gasteiger partial charge < -0.3 is 0 Å². The maximum absolute atomic E-state index is 12.0. The summed E-state index contributed by atoms with van der Waals surface area (Å²) in [5, 5.41) is 0. The number of hydrogen-bond donors (Lipinski definition) is 0. The Hall–Kier alpha value is -0.330. The Labute approximate surface area is 84.6 Å². The fourth-order valence-corrected chi connectivity index (χ4v) is 2.16. The summed E-state index contributed by atoms with van der Waals surface area (Å²) in [5.41, 5.74) is 0.0776. The fraction of sp³-hybridized carbons (Fsp3) is 0.375. The van der Waals surface area contributed by atoms with Crippen molar-refractivity contribution in [2.24, 2.45) is 0 Å². The van der Waals surface area contributed by atoms with Crippen molar-refractivity contribution in [3.05, 3.63) is 29.6 Å². The summed E-state index contributed by atoms with van der Waals surface area (Å²) >= 11 is 0.0689. The first-order valence-electron chi connectivity index (χ1n) is 3.50. The van der Waals surface area contributed by atoms with Crippen molar-refractivity contribution in [3.63, 3.8) is 0 Å². The van der Waals surface area contributed by atoms with Crippen LogP contribution in [0.25, 0.3) is 0 Å². The van der Waals surface area contributed by atoms with Crippen LogP contribution in [0, 0.1) is 0 Å². The van der Waals surface area contributed by atoms with E-state index in [1.165, 1.54) is 12.3 Å². The van der Waals surface area contributed by atoms with E-state index in [-0.39, 0.29) is 21.2 Å². The zero-order valence-electron chi connectivity index (χ0n) is 6.90. The van der Waals surface area contributed by atoms with Crippen molar-refractivity contribution in [3.8, 4) is 0 Å². The predicted molar refractivity (Wildman–Crippen MR) is 38.9 cm³/mol. The van der Waals surface area contributed by atoms with Gasteiger partial charge in [0.05, 0.1) is 0 Å². The monoisotopic (exact) mass is 302 g/mol. The second kappa shape index (κ2) is 4.26. The van der Waals surface area contributed by atoms with Gasteiger partial charge in [-0.1, -0.05) is 0 Å².